The van der Waals surface area contributed by atoms with E-state index in [9.17, 15) is 19.4 Å². The van der Waals surface area contributed by atoms with Crippen molar-refractivity contribution < 1.29 is 24.1 Å². The predicted molar refractivity (Wildman–Crippen MR) is 57.8 cm³/mol. The maximum atomic E-state index is 13.9. The number of hydrogen-bond acceptors (Lipinski definition) is 3. The van der Waals surface area contributed by atoms with E-state index in [1.807, 2.05) is 0 Å². The lowest BCUT2D eigenvalue weighted by Crippen LogP contribution is -2.43. The molecule has 0 spiro atoms. The van der Waals surface area contributed by atoms with Crippen LogP contribution in [0.3, 0.4) is 0 Å². The van der Waals surface area contributed by atoms with Crippen molar-refractivity contribution in [3.05, 3.63) is 23.5 Å². The van der Waals surface area contributed by atoms with Crippen LogP contribution in [0.25, 0.3) is 0 Å². The highest BCUT2D eigenvalue weighted by Crippen LogP contribution is 2.49. The lowest BCUT2D eigenvalue weighted by molar-refractivity contribution is -0.147. The van der Waals surface area contributed by atoms with Crippen LogP contribution in [0.4, 0.5) is 4.39 Å². The molecule has 0 atom stereocenters. The lowest BCUT2D eigenvalue weighted by Gasteiger charge is -2.38. The van der Waals surface area contributed by atoms with Crippen LogP contribution in [-0.2, 0) is 10.2 Å². The van der Waals surface area contributed by atoms with Gasteiger partial charge in [0.1, 0.15) is 17.3 Å². The summed E-state index contributed by atoms with van der Waals surface area (Å²) in [6, 6.07) is 2.33. The van der Waals surface area contributed by atoms with Crippen LogP contribution in [0.15, 0.2) is 12.1 Å². The number of carboxylic acids is 1. The van der Waals surface area contributed by atoms with Gasteiger partial charge in [0.2, 0.25) is 0 Å². The van der Waals surface area contributed by atoms with Gasteiger partial charge in [-0.25, -0.2) is 4.39 Å². The Morgan fingerprint density at radius 2 is 2.12 bits per heavy atom. The Balaban J connectivity index is 2.55. The Kier molecular flexibility index (Phi) is 2.69. The lowest BCUT2D eigenvalue weighted by atomic mass is 9.64. The second kappa shape index (κ2) is 3.91. The summed E-state index contributed by atoms with van der Waals surface area (Å²) in [7, 11) is 1.35. The van der Waals surface area contributed by atoms with Gasteiger partial charge in [0.15, 0.2) is 0 Å². The molecule has 1 fully saturated rings. The average Bonchev–Trinajstić information content (AvgIpc) is 2.19. The number of aliphatic carboxylic acids is 1. The molecule has 5 heteroatoms. The highest BCUT2D eigenvalue weighted by Gasteiger charge is 2.49. The number of ether oxygens (including phenoxy) is 1. The Hall–Kier alpha value is -1.78. The minimum absolute atomic E-state index is 0.128. The first-order valence-corrected chi connectivity index (χ1v) is 5.31. The van der Waals surface area contributed by atoms with E-state index in [4.69, 9.17) is 4.74 Å². The quantitative estimate of drug-likeness (QED) is 0.848. The first kappa shape index (κ1) is 11.7. The zero-order chi connectivity index (χ0) is 12.6. The van der Waals surface area contributed by atoms with Crippen LogP contribution in [0, 0.1) is 5.82 Å². The van der Waals surface area contributed by atoms with Crippen molar-refractivity contribution in [1.82, 2.24) is 0 Å². The van der Waals surface area contributed by atoms with E-state index in [1.54, 1.807) is 0 Å². The van der Waals surface area contributed by atoms with Gasteiger partial charge in [0, 0.05) is 17.7 Å². The van der Waals surface area contributed by atoms with Crippen molar-refractivity contribution in [2.24, 2.45) is 0 Å². The van der Waals surface area contributed by atoms with Crippen molar-refractivity contribution in [3.8, 4) is 11.5 Å². The van der Waals surface area contributed by atoms with Crippen LogP contribution in [0.5, 0.6) is 11.5 Å². The zero-order valence-electron chi connectivity index (χ0n) is 9.36. The summed E-state index contributed by atoms with van der Waals surface area (Å²) in [5, 5.41) is 19.0. The molecule has 1 aromatic carbocycles. The smallest absolute Gasteiger partial charge is 0.314 e. The van der Waals surface area contributed by atoms with E-state index < -0.39 is 17.2 Å². The van der Waals surface area contributed by atoms with Gasteiger partial charge >= 0.3 is 5.97 Å². The van der Waals surface area contributed by atoms with Crippen molar-refractivity contribution in [2.45, 2.75) is 24.7 Å². The van der Waals surface area contributed by atoms with E-state index in [1.165, 1.54) is 13.2 Å². The number of hydrogen-bond donors (Lipinski definition) is 2. The number of carbonyl (C=O) groups is 1. The van der Waals surface area contributed by atoms with Gasteiger partial charge in [0.25, 0.3) is 0 Å². The Morgan fingerprint density at radius 1 is 1.47 bits per heavy atom. The molecule has 1 aromatic rings. The fourth-order valence-electron chi connectivity index (χ4n) is 2.26. The molecule has 1 aliphatic carbocycles. The normalized spacial score (nSPS) is 17.3. The Bertz CT molecular complexity index is 443. The second-order valence-electron chi connectivity index (χ2n) is 4.24. The molecule has 0 radical (unpaired) electrons. The fourth-order valence-corrected chi connectivity index (χ4v) is 2.26. The predicted octanol–water partition coefficient (Wildman–Crippen LogP) is 2.05. The molecule has 1 aliphatic rings. The highest BCUT2D eigenvalue weighted by atomic mass is 19.1. The van der Waals surface area contributed by atoms with Crippen LogP contribution in [0.2, 0.25) is 0 Å². The largest absolute Gasteiger partial charge is 0.507 e. The van der Waals surface area contributed by atoms with E-state index >= 15 is 0 Å². The maximum Gasteiger partial charge on any atom is 0.314 e. The molecule has 0 unspecified atom stereocenters. The molecule has 17 heavy (non-hydrogen) atoms. The van der Waals surface area contributed by atoms with Crippen LogP contribution in [-0.4, -0.2) is 23.3 Å². The van der Waals surface area contributed by atoms with Gasteiger partial charge in [-0.2, -0.15) is 0 Å². The third-order valence-corrected chi connectivity index (χ3v) is 3.37. The Morgan fingerprint density at radius 3 is 2.47 bits per heavy atom. The summed E-state index contributed by atoms with van der Waals surface area (Å²) < 4.78 is 18.7. The number of rotatable bonds is 3. The molecule has 0 aromatic heterocycles. The number of phenolic OH excluding ortho intramolecular Hbond substituents is 1. The molecule has 0 saturated heterocycles. The van der Waals surface area contributed by atoms with Gasteiger partial charge in [-0.05, 0) is 12.8 Å². The summed E-state index contributed by atoms with van der Waals surface area (Å²) in [5.74, 6) is -2.01. The van der Waals surface area contributed by atoms with Crippen LogP contribution in [0.1, 0.15) is 24.8 Å². The number of aromatic hydroxyl groups is 1. The van der Waals surface area contributed by atoms with Crippen molar-refractivity contribution in [3.63, 3.8) is 0 Å². The third kappa shape index (κ3) is 1.62. The Labute approximate surface area is 97.6 Å². The molecular formula is C12H13FO4. The van der Waals surface area contributed by atoms with Crippen molar-refractivity contribution >= 4 is 5.97 Å². The molecule has 4 nitrogen and oxygen atoms in total. The SMILES string of the molecule is COc1cc(O)c(C2(C(=O)O)CCC2)c(F)c1. The van der Waals surface area contributed by atoms with Gasteiger partial charge in [-0.1, -0.05) is 6.42 Å². The minimum atomic E-state index is -1.28. The minimum Gasteiger partial charge on any atom is -0.507 e. The molecular weight excluding hydrogens is 227 g/mol. The highest BCUT2D eigenvalue weighted by molar-refractivity contribution is 5.84. The van der Waals surface area contributed by atoms with Gasteiger partial charge in [0.05, 0.1) is 12.5 Å². The molecule has 92 valence electrons. The molecule has 2 N–H and O–H groups in total. The topological polar surface area (TPSA) is 66.8 Å². The van der Waals surface area contributed by atoms with Crippen LogP contribution >= 0.6 is 0 Å². The second-order valence-corrected chi connectivity index (χ2v) is 4.24. The molecule has 0 aliphatic heterocycles. The first-order chi connectivity index (χ1) is 8.01. The summed E-state index contributed by atoms with van der Waals surface area (Å²) >= 11 is 0. The first-order valence-electron chi connectivity index (χ1n) is 5.31. The average molecular weight is 240 g/mol. The van der Waals surface area contributed by atoms with E-state index in [0.29, 0.717) is 12.8 Å². The number of phenols is 1. The zero-order valence-corrected chi connectivity index (χ0v) is 9.36. The van der Waals surface area contributed by atoms with Gasteiger partial charge in [-0.3, -0.25) is 4.79 Å². The van der Waals surface area contributed by atoms with Crippen LogP contribution < -0.4 is 4.74 Å². The summed E-state index contributed by atoms with van der Waals surface area (Å²) in [4.78, 5) is 11.3. The summed E-state index contributed by atoms with van der Waals surface area (Å²) in [5.41, 5.74) is -1.41. The summed E-state index contributed by atoms with van der Waals surface area (Å²) in [6.07, 6.45) is 1.41. The summed E-state index contributed by atoms with van der Waals surface area (Å²) in [6.45, 7) is 0. The monoisotopic (exact) mass is 240 g/mol. The molecule has 0 heterocycles. The van der Waals surface area contributed by atoms with Gasteiger partial charge < -0.3 is 14.9 Å². The number of benzene rings is 1. The molecule has 1 saturated carbocycles. The van der Waals surface area contributed by atoms with E-state index in [2.05, 4.69) is 0 Å². The molecule has 2 rings (SSSR count). The number of halogens is 1. The van der Waals surface area contributed by atoms with Gasteiger partial charge in [-0.15, -0.1) is 0 Å². The molecule has 0 bridgehead atoms. The fraction of sp³-hybridized carbons (Fsp3) is 0.417. The van der Waals surface area contributed by atoms with Crippen molar-refractivity contribution in [2.75, 3.05) is 7.11 Å². The van der Waals surface area contributed by atoms with E-state index in [0.717, 1.165) is 12.5 Å². The standard InChI is InChI=1S/C12H13FO4/c1-17-7-5-8(13)10(9(14)6-7)12(11(15)16)3-2-4-12/h5-6,14H,2-4H2,1H3,(H,15,16). The number of methoxy groups -OCH3 is 1. The van der Waals surface area contributed by atoms with Crippen molar-refractivity contribution in [1.29, 1.82) is 0 Å². The molecule has 0 amide bonds. The number of carboxylic acid groups (broad SMARTS) is 1. The third-order valence-electron chi connectivity index (χ3n) is 3.37. The van der Waals surface area contributed by atoms with E-state index in [-0.39, 0.29) is 17.1 Å². The maximum absolute atomic E-state index is 13.9.